The summed E-state index contributed by atoms with van der Waals surface area (Å²) in [4.78, 5) is 2.17. The van der Waals surface area contributed by atoms with Gasteiger partial charge in [-0.2, -0.15) is 10.4 Å². The van der Waals surface area contributed by atoms with Crippen LogP contribution in [0.15, 0.2) is 24.3 Å². The van der Waals surface area contributed by atoms with Crippen molar-refractivity contribution in [1.29, 1.82) is 5.26 Å². The second-order valence-electron chi connectivity index (χ2n) is 4.81. The summed E-state index contributed by atoms with van der Waals surface area (Å²) in [5.74, 6) is 0. The van der Waals surface area contributed by atoms with Crippen LogP contribution in [0, 0.1) is 18.3 Å². The maximum Gasteiger partial charge on any atom is 0.149 e. The Bertz CT molecular complexity index is 648. The van der Waals surface area contributed by atoms with E-state index in [2.05, 4.69) is 16.1 Å². The van der Waals surface area contributed by atoms with Gasteiger partial charge in [0.25, 0.3) is 0 Å². The van der Waals surface area contributed by atoms with Crippen LogP contribution in [0.5, 0.6) is 0 Å². The van der Waals surface area contributed by atoms with Gasteiger partial charge >= 0.3 is 0 Å². The zero-order valence-electron chi connectivity index (χ0n) is 10.5. The Hall–Kier alpha value is -2.12. The van der Waals surface area contributed by atoms with E-state index in [0.717, 1.165) is 30.0 Å². The lowest BCUT2D eigenvalue weighted by Gasteiger charge is -2.08. The van der Waals surface area contributed by atoms with E-state index >= 15 is 0 Å². The molecule has 2 heterocycles. The van der Waals surface area contributed by atoms with E-state index in [0.29, 0.717) is 5.69 Å². The van der Waals surface area contributed by atoms with Crippen LogP contribution < -0.4 is 0 Å². The summed E-state index contributed by atoms with van der Waals surface area (Å²) in [7, 11) is 2.04. The van der Waals surface area contributed by atoms with E-state index in [1.807, 2.05) is 38.2 Å². The topological polar surface area (TPSA) is 44.9 Å². The smallest absolute Gasteiger partial charge is 0.149 e. The van der Waals surface area contributed by atoms with E-state index in [1.165, 1.54) is 5.56 Å². The highest BCUT2D eigenvalue weighted by molar-refractivity contribution is 5.45. The van der Waals surface area contributed by atoms with Crippen LogP contribution in [-0.2, 0) is 13.1 Å². The minimum atomic E-state index is 0.667. The van der Waals surface area contributed by atoms with E-state index in [4.69, 9.17) is 0 Å². The largest absolute Gasteiger partial charge is 0.296 e. The third kappa shape index (κ3) is 1.60. The lowest BCUT2D eigenvalue weighted by molar-refractivity contribution is 0.347. The zero-order chi connectivity index (χ0) is 12.7. The lowest BCUT2D eigenvalue weighted by Crippen LogP contribution is -2.11. The van der Waals surface area contributed by atoms with Gasteiger partial charge < -0.3 is 0 Å². The van der Waals surface area contributed by atoms with Gasteiger partial charge in [-0.25, -0.2) is 4.68 Å². The summed E-state index contributed by atoms with van der Waals surface area (Å²) in [6, 6.07) is 10.4. The van der Waals surface area contributed by atoms with Crippen molar-refractivity contribution in [2.75, 3.05) is 7.05 Å². The van der Waals surface area contributed by atoms with Gasteiger partial charge in [0.1, 0.15) is 11.8 Å². The van der Waals surface area contributed by atoms with Gasteiger partial charge in [0, 0.05) is 18.7 Å². The fourth-order valence-electron chi connectivity index (χ4n) is 2.43. The van der Waals surface area contributed by atoms with Crippen molar-refractivity contribution < 1.29 is 0 Å². The summed E-state index contributed by atoms with van der Waals surface area (Å²) < 4.78 is 1.77. The fourth-order valence-corrected chi connectivity index (χ4v) is 2.43. The molecule has 0 radical (unpaired) electrons. The van der Waals surface area contributed by atoms with Gasteiger partial charge in [-0.05, 0) is 31.7 Å². The molecule has 0 spiro atoms. The molecule has 18 heavy (non-hydrogen) atoms. The van der Waals surface area contributed by atoms with Crippen LogP contribution in [0.25, 0.3) is 5.69 Å². The highest BCUT2D eigenvalue weighted by atomic mass is 15.3. The molecule has 0 saturated heterocycles. The molecule has 0 saturated carbocycles. The first kappa shape index (κ1) is 11.0. The minimum Gasteiger partial charge on any atom is -0.296 e. The van der Waals surface area contributed by atoms with Crippen molar-refractivity contribution in [3.05, 3.63) is 46.8 Å². The van der Waals surface area contributed by atoms with Crippen LogP contribution in [0.3, 0.4) is 0 Å². The molecule has 0 amide bonds. The molecule has 1 aromatic carbocycles. The van der Waals surface area contributed by atoms with Crippen LogP contribution in [0.2, 0.25) is 0 Å². The Morgan fingerprint density at radius 3 is 2.89 bits per heavy atom. The summed E-state index contributed by atoms with van der Waals surface area (Å²) in [6.07, 6.45) is 0. The normalized spacial score (nSPS) is 14.5. The fraction of sp³-hybridized carbons (Fsp3) is 0.286. The van der Waals surface area contributed by atoms with E-state index < -0.39 is 0 Å². The maximum absolute atomic E-state index is 9.36. The number of benzene rings is 1. The van der Waals surface area contributed by atoms with Crippen LogP contribution in [-0.4, -0.2) is 21.7 Å². The maximum atomic E-state index is 9.36. The molecule has 3 rings (SSSR count). The van der Waals surface area contributed by atoms with Crippen LogP contribution in [0.4, 0.5) is 0 Å². The van der Waals surface area contributed by atoms with Crippen molar-refractivity contribution in [3.63, 3.8) is 0 Å². The third-order valence-corrected chi connectivity index (χ3v) is 3.27. The first-order valence-electron chi connectivity index (χ1n) is 5.95. The number of fused-ring (bicyclic) bond motifs is 1. The molecule has 1 aliphatic rings. The summed E-state index contributed by atoms with van der Waals surface area (Å²) in [6.45, 7) is 3.67. The molecule has 0 N–H and O–H groups in total. The quantitative estimate of drug-likeness (QED) is 0.763. The standard InChI is InChI=1S/C14H14N4/c1-10-4-3-5-11(6-10)18-14(7-15)12-8-17(2)9-13(12)16-18/h3-6H,8-9H2,1-2H3. The number of hydrogen-bond acceptors (Lipinski definition) is 3. The second kappa shape index (κ2) is 3.97. The lowest BCUT2D eigenvalue weighted by atomic mass is 10.2. The molecule has 0 unspecified atom stereocenters. The number of aryl methyl sites for hydroxylation is 1. The average Bonchev–Trinajstić information content (AvgIpc) is 2.84. The number of nitriles is 1. The molecule has 4 heteroatoms. The monoisotopic (exact) mass is 238 g/mol. The van der Waals surface area contributed by atoms with Crippen molar-refractivity contribution in [3.8, 4) is 11.8 Å². The predicted octanol–water partition coefficient (Wildman–Crippen LogP) is 2.00. The van der Waals surface area contributed by atoms with Gasteiger partial charge in [0.2, 0.25) is 0 Å². The van der Waals surface area contributed by atoms with Crippen LogP contribution in [0.1, 0.15) is 22.5 Å². The van der Waals surface area contributed by atoms with Gasteiger partial charge in [-0.1, -0.05) is 12.1 Å². The first-order chi connectivity index (χ1) is 8.69. The number of aromatic nitrogens is 2. The first-order valence-corrected chi connectivity index (χ1v) is 5.95. The Labute approximate surface area is 106 Å². The SMILES string of the molecule is Cc1cccc(-n2nc3c(c2C#N)CN(C)C3)c1. The molecular formula is C14H14N4. The molecule has 1 aliphatic heterocycles. The number of nitrogens with zero attached hydrogens (tertiary/aromatic N) is 4. The summed E-state index contributed by atoms with van der Waals surface area (Å²) >= 11 is 0. The zero-order valence-corrected chi connectivity index (χ0v) is 10.5. The minimum absolute atomic E-state index is 0.667. The Morgan fingerprint density at radius 1 is 1.33 bits per heavy atom. The summed E-state index contributed by atoms with van der Waals surface area (Å²) in [5.41, 5.74) is 4.89. The van der Waals surface area contributed by atoms with Gasteiger partial charge in [-0.3, -0.25) is 4.90 Å². The molecule has 1 aromatic heterocycles. The predicted molar refractivity (Wildman–Crippen MR) is 68.2 cm³/mol. The molecule has 0 fully saturated rings. The average molecular weight is 238 g/mol. The van der Waals surface area contributed by atoms with Crippen molar-refractivity contribution in [2.45, 2.75) is 20.0 Å². The van der Waals surface area contributed by atoms with Crippen LogP contribution >= 0.6 is 0 Å². The molecular weight excluding hydrogens is 224 g/mol. The van der Waals surface area contributed by atoms with Crippen molar-refractivity contribution in [2.24, 2.45) is 0 Å². The molecule has 2 aromatic rings. The van der Waals surface area contributed by atoms with Gasteiger partial charge in [-0.15, -0.1) is 0 Å². The second-order valence-corrected chi connectivity index (χ2v) is 4.81. The highest BCUT2D eigenvalue weighted by Crippen LogP contribution is 2.26. The molecule has 90 valence electrons. The molecule has 0 atom stereocenters. The Balaban J connectivity index is 2.15. The molecule has 4 nitrogen and oxygen atoms in total. The van der Waals surface area contributed by atoms with Gasteiger partial charge in [0.05, 0.1) is 11.4 Å². The number of rotatable bonds is 1. The van der Waals surface area contributed by atoms with Crippen molar-refractivity contribution >= 4 is 0 Å². The third-order valence-electron chi connectivity index (χ3n) is 3.27. The van der Waals surface area contributed by atoms with Crippen molar-refractivity contribution in [1.82, 2.24) is 14.7 Å². The molecule has 0 bridgehead atoms. The Kier molecular flexibility index (Phi) is 2.42. The van der Waals surface area contributed by atoms with E-state index in [1.54, 1.807) is 4.68 Å². The summed E-state index contributed by atoms with van der Waals surface area (Å²) in [5, 5.41) is 13.9. The van der Waals surface area contributed by atoms with E-state index in [-0.39, 0.29) is 0 Å². The molecule has 0 aliphatic carbocycles. The van der Waals surface area contributed by atoms with E-state index in [9.17, 15) is 5.26 Å². The van der Waals surface area contributed by atoms with Gasteiger partial charge in [0.15, 0.2) is 0 Å². The highest BCUT2D eigenvalue weighted by Gasteiger charge is 2.25. The number of hydrogen-bond donors (Lipinski definition) is 0. The Morgan fingerprint density at radius 2 is 2.17 bits per heavy atom.